The van der Waals surface area contributed by atoms with Gasteiger partial charge in [-0.1, -0.05) is 11.6 Å². The minimum Gasteiger partial charge on any atom is -0.297 e. The largest absolute Gasteiger partial charge is 0.348 e. The maximum Gasteiger partial charge on any atom is 0.348 e. The Morgan fingerprint density at radius 2 is 1.95 bits per heavy atom. The van der Waals surface area contributed by atoms with Crippen LogP contribution in [-0.2, 0) is 5.92 Å². The summed E-state index contributed by atoms with van der Waals surface area (Å²) < 4.78 is 30.9. The molecule has 0 unspecified atom stereocenters. The van der Waals surface area contributed by atoms with Gasteiger partial charge in [-0.2, -0.15) is 8.78 Å². The SMILES string of the molecule is FC(F)(c1ccc(Cl)nn1)c1ncc2ccc(Br)cn12. The fourth-order valence-electron chi connectivity index (χ4n) is 1.79. The van der Waals surface area contributed by atoms with Gasteiger partial charge in [0.05, 0.1) is 11.7 Å². The van der Waals surface area contributed by atoms with Crippen LogP contribution in [0.25, 0.3) is 5.52 Å². The van der Waals surface area contributed by atoms with Gasteiger partial charge in [-0.3, -0.25) is 4.40 Å². The number of pyridine rings is 1. The molecule has 4 nitrogen and oxygen atoms in total. The van der Waals surface area contributed by atoms with Gasteiger partial charge in [0.1, 0.15) is 5.69 Å². The second-order valence-corrected chi connectivity index (χ2v) is 5.34. The summed E-state index contributed by atoms with van der Waals surface area (Å²) in [6.45, 7) is 0. The van der Waals surface area contributed by atoms with E-state index in [1.165, 1.54) is 22.9 Å². The van der Waals surface area contributed by atoms with Gasteiger partial charge in [-0.15, -0.1) is 10.2 Å². The van der Waals surface area contributed by atoms with Gasteiger partial charge < -0.3 is 0 Å². The predicted molar refractivity (Wildman–Crippen MR) is 72.9 cm³/mol. The number of fused-ring (bicyclic) bond motifs is 1. The number of hydrogen-bond donors (Lipinski definition) is 0. The highest BCUT2D eigenvalue weighted by Gasteiger charge is 2.40. The first kappa shape index (κ1) is 13.4. The molecule has 0 saturated heterocycles. The first-order valence-electron chi connectivity index (χ1n) is 5.49. The molecule has 0 atom stereocenters. The second-order valence-electron chi connectivity index (χ2n) is 4.04. The Balaban J connectivity index is 2.17. The van der Waals surface area contributed by atoms with Crippen molar-refractivity contribution in [3.8, 4) is 0 Å². The summed E-state index contributed by atoms with van der Waals surface area (Å²) in [5.41, 5.74) is 0.0548. The van der Waals surface area contributed by atoms with E-state index in [1.807, 2.05) is 0 Å². The third-order valence-electron chi connectivity index (χ3n) is 2.73. The fraction of sp³-hybridized carbons (Fsp3) is 0.0833. The fourth-order valence-corrected chi connectivity index (χ4v) is 2.23. The van der Waals surface area contributed by atoms with E-state index in [0.29, 0.717) is 9.99 Å². The topological polar surface area (TPSA) is 43.1 Å². The van der Waals surface area contributed by atoms with Crippen molar-refractivity contribution in [1.82, 2.24) is 19.6 Å². The van der Waals surface area contributed by atoms with Crippen LogP contribution in [0.2, 0.25) is 5.15 Å². The van der Waals surface area contributed by atoms with Crippen LogP contribution in [0.5, 0.6) is 0 Å². The minimum atomic E-state index is -3.37. The highest BCUT2D eigenvalue weighted by Crippen LogP contribution is 2.34. The average molecular weight is 360 g/mol. The maximum absolute atomic E-state index is 14.5. The van der Waals surface area contributed by atoms with Gasteiger partial charge in [-0.05, 0) is 40.2 Å². The molecule has 20 heavy (non-hydrogen) atoms. The molecule has 0 spiro atoms. The van der Waals surface area contributed by atoms with E-state index >= 15 is 0 Å². The molecule has 0 fully saturated rings. The number of alkyl halides is 2. The lowest BCUT2D eigenvalue weighted by atomic mass is 10.2. The van der Waals surface area contributed by atoms with Crippen molar-refractivity contribution in [3.05, 3.63) is 57.8 Å². The molecule has 0 saturated carbocycles. The van der Waals surface area contributed by atoms with Crippen LogP contribution in [0.15, 0.2) is 41.1 Å². The molecule has 0 aliphatic rings. The molecule has 8 heteroatoms. The number of aromatic nitrogens is 4. The molecule has 3 rings (SSSR count). The van der Waals surface area contributed by atoms with Gasteiger partial charge in [-0.25, -0.2) is 4.98 Å². The zero-order valence-corrected chi connectivity index (χ0v) is 12.1. The van der Waals surface area contributed by atoms with Gasteiger partial charge >= 0.3 is 5.92 Å². The lowest BCUT2D eigenvalue weighted by Gasteiger charge is -2.14. The van der Waals surface area contributed by atoms with Crippen LogP contribution in [-0.4, -0.2) is 19.6 Å². The van der Waals surface area contributed by atoms with Crippen molar-refractivity contribution >= 4 is 33.0 Å². The van der Waals surface area contributed by atoms with Crippen LogP contribution in [0.3, 0.4) is 0 Å². The zero-order valence-electron chi connectivity index (χ0n) is 9.76. The summed E-state index contributed by atoms with van der Waals surface area (Å²) in [4.78, 5) is 3.80. The van der Waals surface area contributed by atoms with Gasteiger partial charge in [0.2, 0.25) is 0 Å². The lowest BCUT2D eigenvalue weighted by molar-refractivity contribution is 0.0266. The van der Waals surface area contributed by atoms with Crippen molar-refractivity contribution in [3.63, 3.8) is 0 Å². The van der Waals surface area contributed by atoms with Crippen LogP contribution in [0.1, 0.15) is 11.5 Å². The Morgan fingerprint density at radius 3 is 2.65 bits per heavy atom. The van der Waals surface area contributed by atoms with E-state index in [2.05, 4.69) is 31.1 Å². The molecule has 3 aromatic rings. The molecule has 102 valence electrons. The number of imidazole rings is 1. The van der Waals surface area contributed by atoms with Crippen LogP contribution < -0.4 is 0 Å². The summed E-state index contributed by atoms with van der Waals surface area (Å²) in [7, 11) is 0. The molecule has 0 aliphatic heterocycles. The Bertz CT molecular complexity index is 773. The van der Waals surface area contributed by atoms with E-state index in [0.717, 1.165) is 6.07 Å². The standard InChI is InChI=1S/C12H6BrClF2N4/c13-7-1-2-8-5-17-11(20(8)6-7)12(15,16)9-3-4-10(14)19-18-9/h1-6H. The summed E-state index contributed by atoms with van der Waals surface area (Å²) in [5, 5.41) is 6.94. The van der Waals surface area contributed by atoms with E-state index < -0.39 is 17.4 Å². The lowest BCUT2D eigenvalue weighted by Crippen LogP contribution is -2.21. The average Bonchev–Trinajstić information content (AvgIpc) is 2.82. The van der Waals surface area contributed by atoms with Gasteiger partial charge in [0, 0.05) is 10.7 Å². The molecule has 0 N–H and O–H groups in total. The first-order valence-corrected chi connectivity index (χ1v) is 6.66. The zero-order chi connectivity index (χ0) is 14.3. The summed E-state index contributed by atoms with van der Waals surface area (Å²) in [6.07, 6.45) is 2.90. The normalized spacial score (nSPS) is 12.0. The van der Waals surface area contributed by atoms with Crippen molar-refractivity contribution < 1.29 is 8.78 Å². The van der Waals surface area contributed by atoms with Gasteiger partial charge in [0.25, 0.3) is 0 Å². The third-order valence-corrected chi connectivity index (χ3v) is 3.40. The molecule has 0 aromatic carbocycles. The summed E-state index contributed by atoms with van der Waals surface area (Å²) >= 11 is 8.80. The van der Waals surface area contributed by atoms with E-state index in [-0.39, 0.29) is 5.15 Å². The Morgan fingerprint density at radius 1 is 1.15 bits per heavy atom. The van der Waals surface area contributed by atoms with E-state index in [9.17, 15) is 8.78 Å². The van der Waals surface area contributed by atoms with Crippen LogP contribution in [0.4, 0.5) is 8.78 Å². The van der Waals surface area contributed by atoms with E-state index in [1.54, 1.807) is 12.1 Å². The van der Waals surface area contributed by atoms with Crippen molar-refractivity contribution in [1.29, 1.82) is 0 Å². The van der Waals surface area contributed by atoms with Crippen molar-refractivity contribution in [2.75, 3.05) is 0 Å². The third kappa shape index (κ3) is 2.16. The highest BCUT2D eigenvalue weighted by atomic mass is 79.9. The molecule has 3 aromatic heterocycles. The molecule has 3 heterocycles. The van der Waals surface area contributed by atoms with Crippen LogP contribution in [0, 0.1) is 0 Å². The Labute approximate surface area is 125 Å². The monoisotopic (exact) mass is 358 g/mol. The van der Waals surface area contributed by atoms with Crippen molar-refractivity contribution in [2.24, 2.45) is 0 Å². The molecule has 0 radical (unpaired) electrons. The molecular weight excluding hydrogens is 354 g/mol. The minimum absolute atomic E-state index is 0.0558. The molecule has 0 aliphatic carbocycles. The Hall–Kier alpha value is -1.60. The van der Waals surface area contributed by atoms with Crippen LogP contribution >= 0.6 is 27.5 Å². The summed E-state index contributed by atoms with van der Waals surface area (Å²) in [6, 6.07) is 5.84. The first-order chi connectivity index (χ1) is 9.48. The number of hydrogen-bond acceptors (Lipinski definition) is 3. The number of nitrogens with zero attached hydrogens (tertiary/aromatic N) is 4. The smallest absolute Gasteiger partial charge is 0.297 e. The molecule has 0 amide bonds. The van der Waals surface area contributed by atoms with Gasteiger partial charge in [0.15, 0.2) is 11.0 Å². The van der Waals surface area contributed by atoms with E-state index in [4.69, 9.17) is 11.6 Å². The molecular formula is C12H6BrClF2N4. The quantitative estimate of drug-likeness (QED) is 0.701. The maximum atomic E-state index is 14.5. The van der Waals surface area contributed by atoms with Crippen molar-refractivity contribution in [2.45, 2.75) is 5.92 Å². The Kier molecular flexibility index (Phi) is 3.18. The summed E-state index contributed by atoms with van der Waals surface area (Å²) in [5.74, 6) is -3.80. The number of rotatable bonds is 2. The number of halogens is 4. The molecule has 0 bridgehead atoms. The predicted octanol–water partition coefficient (Wildman–Crippen LogP) is 3.68. The second kappa shape index (κ2) is 4.75. The highest BCUT2D eigenvalue weighted by molar-refractivity contribution is 9.10.